The van der Waals surface area contributed by atoms with Crippen molar-refractivity contribution >= 4 is 12.1 Å². The summed E-state index contributed by atoms with van der Waals surface area (Å²) in [5, 5.41) is 0. The van der Waals surface area contributed by atoms with Crippen LogP contribution in [-0.4, -0.2) is 43.3 Å². The predicted octanol–water partition coefficient (Wildman–Crippen LogP) is 3.36. The first kappa shape index (κ1) is 18.8. The van der Waals surface area contributed by atoms with Crippen LogP contribution in [0.4, 0.5) is 4.79 Å². The lowest BCUT2D eigenvalue weighted by Crippen LogP contribution is -2.31. The van der Waals surface area contributed by atoms with Crippen LogP contribution >= 0.6 is 0 Å². The fourth-order valence-electron chi connectivity index (χ4n) is 3.24. The zero-order valence-electron chi connectivity index (χ0n) is 15.5. The Kier molecular flexibility index (Phi) is 5.96. The van der Waals surface area contributed by atoms with Crippen molar-refractivity contribution in [3.05, 3.63) is 65.7 Å². The lowest BCUT2D eigenvalue weighted by molar-refractivity contribution is -0.146. The molecule has 1 aliphatic heterocycles. The Labute approximate surface area is 158 Å². The van der Waals surface area contributed by atoms with E-state index >= 15 is 0 Å². The number of esters is 1. The van der Waals surface area contributed by atoms with Gasteiger partial charge in [-0.05, 0) is 23.3 Å². The fraction of sp³-hybridized carbons (Fsp3) is 0.333. The number of likely N-dealkylation sites (tertiary alicyclic amines) is 1. The molecule has 0 spiro atoms. The van der Waals surface area contributed by atoms with Crippen molar-refractivity contribution in [2.24, 2.45) is 0 Å². The Morgan fingerprint density at radius 1 is 1.04 bits per heavy atom. The molecular weight excluding hydrogens is 346 g/mol. The van der Waals surface area contributed by atoms with Crippen molar-refractivity contribution in [3.63, 3.8) is 0 Å². The molecule has 0 aromatic heterocycles. The molecule has 1 heterocycles. The van der Waals surface area contributed by atoms with Gasteiger partial charge in [-0.2, -0.15) is 0 Å². The third-order valence-electron chi connectivity index (χ3n) is 4.59. The number of rotatable bonds is 5. The van der Waals surface area contributed by atoms with E-state index in [1.807, 2.05) is 54.6 Å². The van der Waals surface area contributed by atoms with Crippen molar-refractivity contribution in [1.29, 1.82) is 0 Å². The number of amides is 1. The molecule has 27 heavy (non-hydrogen) atoms. The summed E-state index contributed by atoms with van der Waals surface area (Å²) >= 11 is 0. The van der Waals surface area contributed by atoms with Crippen molar-refractivity contribution in [3.8, 4) is 5.75 Å². The van der Waals surface area contributed by atoms with E-state index in [9.17, 15) is 9.59 Å². The predicted molar refractivity (Wildman–Crippen MR) is 99.5 cm³/mol. The molecule has 2 aromatic carbocycles. The van der Waals surface area contributed by atoms with Gasteiger partial charge in [-0.1, -0.05) is 42.5 Å². The Balaban J connectivity index is 1.68. The SMILES string of the molecule is COc1ccc([C@@H]2CN(C(=O)OCc3ccccc3)C[C@H]2OC(C)=O)cc1. The Bertz CT molecular complexity index is 775. The van der Waals surface area contributed by atoms with E-state index < -0.39 is 12.2 Å². The second kappa shape index (κ2) is 8.58. The highest BCUT2D eigenvalue weighted by atomic mass is 16.6. The Morgan fingerprint density at radius 2 is 1.74 bits per heavy atom. The van der Waals surface area contributed by atoms with Gasteiger partial charge in [0.2, 0.25) is 0 Å². The Morgan fingerprint density at radius 3 is 2.37 bits per heavy atom. The molecule has 0 bridgehead atoms. The van der Waals surface area contributed by atoms with Crippen molar-refractivity contribution in [1.82, 2.24) is 4.90 Å². The van der Waals surface area contributed by atoms with E-state index in [-0.39, 0.29) is 18.5 Å². The highest BCUT2D eigenvalue weighted by Gasteiger charge is 2.39. The van der Waals surface area contributed by atoms with Crippen LogP contribution in [0.2, 0.25) is 0 Å². The number of hydrogen-bond donors (Lipinski definition) is 0. The van der Waals surface area contributed by atoms with E-state index in [0.717, 1.165) is 16.9 Å². The molecule has 0 unspecified atom stereocenters. The van der Waals surface area contributed by atoms with Gasteiger partial charge in [0.05, 0.1) is 13.7 Å². The standard InChI is InChI=1S/C21H23NO5/c1-15(23)27-20-13-22(21(24)26-14-16-6-4-3-5-7-16)12-19(20)17-8-10-18(25-2)11-9-17/h3-11,19-20H,12-14H2,1-2H3/t19-,20+/m0/s1. The van der Waals surface area contributed by atoms with E-state index in [2.05, 4.69) is 0 Å². The first-order valence-corrected chi connectivity index (χ1v) is 8.83. The molecule has 6 heteroatoms. The van der Waals surface area contributed by atoms with Crippen LogP contribution in [0.5, 0.6) is 5.75 Å². The normalized spacial score (nSPS) is 18.8. The van der Waals surface area contributed by atoms with Crippen LogP contribution in [0, 0.1) is 0 Å². The highest BCUT2D eigenvalue weighted by Crippen LogP contribution is 2.31. The van der Waals surface area contributed by atoms with Crippen LogP contribution in [0.15, 0.2) is 54.6 Å². The number of carbonyl (C=O) groups is 2. The summed E-state index contributed by atoms with van der Waals surface area (Å²) in [6.45, 7) is 2.32. The van der Waals surface area contributed by atoms with Crippen LogP contribution in [0.1, 0.15) is 24.0 Å². The number of methoxy groups -OCH3 is 1. The molecule has 3 rings (SSSR count). The average Bonchev–Trinajstić information content (AvgIpc) is 3.10. The zero-order valence-corrected chi connectivity index (χ0v) is 15.5. The molecule has 2 aromatic rings. The van der Waals surface area contributed by atoms with Gasteiger partial charge >= 0.3 is 12.1 Å². The zero-order chi connectivity index (χ0) is 19.2. The molecular formula is C21H23NO5. The summed E-state index contributed by atoms with van der Waals surface area (Å²) in [7, 11) is 1.61. The molecule has 0 N–H and O–H groups in total. The molecule has 6 nitrogen and oxygen atoms in total. The van der Waals surface area contributed by atoms with Gasteiger partial charge in [0.15, 0.2) is 0 Å². The topological polar surface area (TPSA) is 65.1 Å². The van der Waals surface area contributed by atoms with Crippen LogP contribution < -0.4 is 4.74 Å². The van der Waals surface area contributed by atoms with E-state index in [1.165, 1.54) is 6.92 Å². The largest absolute Gasteiger partial charge is 0.497 e. The number of hydrogen-bond acceptors (Lipinski definition) is 5. The minimum atomic E-state index is -0.410. The monoisotopic (exact) mass is 369 g/mol. The van der Waals surface area contributed by atoms with Gasteiger partial charge in [-0.15, -0.1) is 0 Å². The maximum atomic E-state index is 12.5. The third-order valence-corrected chi connectivity index (χ3v) is 4.59. The summed E-state index contributed by atoms with van der Waals surface area (Å²) in [6.07, 6.45) is -0.813. The smallest absolute Gasteiger partial charge is 0.410 e. The fourth-order valence-corrected chi connectivity index (χ4v) is 3.24. The van der Waals surface area contributed by atoms with Crippen LogP contribution in [0.3, 0.4) is 0 Å². The molecule has 1 aliphatic rings. The molecule has 142 valence electrons. The summed E-state index contributed by atoms with van der Waals surface area (Å²) in [4.78, 5) is 25.5. The number of nitrogens with zero attached hydrogens (tertiary/aromatic N) is 1. The third kappa shape index (κ3) is 4.78. The molecule has 1 amide bonds. The van der Waals surface area contributed by atoms with E-state index in [1.54, 1.807) is 12.0 Å². The van der Waals surface area contributed by atoms with Gasteiger partial charge < -0.3 is 19.1 Å². The minimum Gasteiger partial charge on any atom is -0.497 e. The van der Waals surface area contributed by atoms with Gasteiger partial charge in [0.25, 0.3) is 0 Å². The highest BCUT2D eigenvalue weighted by molar-refractivity contribution is 5.69. The van der Waals surface area contributed by atoms with E-state index in [0.29, 0.717) is 13.1 Å². The summed E-state index contributed by atoms with van der Waals surface area (Å²) in [6, 6.07) is 17.1. The van der Waals surface area contributed by atoms with Crippen molar-refractivity contribution in [2.75, 3.05) is 20.2 Å². The van der Waals surface area contributed by atoms with Gasteiger partial charge in [0, 0.05) is 19.4 Å². The van der Waals surface area contributed by atoms with Crippen LogP contribution in [0.25, 0.3) is 0 Å². The number of ether oxygens (including phenoxy) is 3. The lowest BCUT2D eigenvalue weighted by atomic mass is 9.96. The molecule has 1 fully saturated rings. The lowest BCUT2D eigenvalue weighted by Gasteiger charge is -2.18. The summed E-state index contributed by atoms with van der Waals surface area (Å²) < 4.78 is 16.1. The van der Waals surface area contributed by atoms with Crippen LogP contribution in [-0.2, 0) is 20.9 Å². The van der Waals surface area contributed by atoms with Crippen molar-refractivity contribution < 1.29 is 23.8 Å². The first-order valence-electron chi connectivity index (χ1n) is 8.83. The molecule has 1 saturated heterocycles. The summed E-state index contributed by atoms with van der Waals surface area (Å²) in [5.74, 6) is 0.280. The molecule has 2 atom stereocenters. The van der Waals surface area contributed by atoms with Gasteiger partial charge in [-0.3, -0.25) is 4.79 Å². The maximum Gasteiger partial charge on any atom is 0.410 e. The second-order valence-electron chi connectivity index (χ2n) is 6.47. The van der Waals surface area contributed by atoms with E-state index in [4.69, 9.17) is 14.2 Å². The first-order chi connectivity index (χ1) is 13.1. The molecule has 0 radical (unpaired) electrons. The summed E-state index contributed by atoms with van der Waals surface area (Å²) in [5.41, 5.74) is 1.91. The number of benzene rings is 2. The van der Waals surface area contributed by atoms with Gasteiger partial charge in [-0.25, -0.2) is 4.79 Å². The van der Waals surface area contributed by atoms with Gasteiger partial charge in [0.1, 0.15) is 18.5 Å². The molecule has 0 saturated carbocycles. The quantitative estimate of drug-likeness (QED) is 0.756. The molecule has 0 aliphatic carbocycles. The maximum absolute atomic E-state index is 12.5. The second-order valence-corrected chi connectivity index (χ2v) is 6.47. The number of carbonyl (C=O) groups excluding carboxylic acids is 2. The Hall–Kier alpha value is -3.02. The minimum absolute atomic E-state index is 0.107. The van der Waals surface area contributed by atoms with Crippen molar-refractivity contribution in [2.45, 2.75) is 25.6 Å². The average molecular weight is 369 g/mol.